The number of furan rings is 1. The van der Waals surface area contributed by atoms with Crippen molar-refractivity contribution >= 4 is 21.8 Å². The fourth-order valence-electron chi connectivity index (χ4n) is 2.03. The molecule has 22 heavy (non-hydrogen) atoms. The van der Waals surface area contributed by atoms with Gasteiger partial charge in [-0.05, 0) is 40.2 Å². The largest absolute Gasteiger partial charge is 0.463 e. The van der Waals surface area contributed by atoms with E-state index >= 15 is 0 Å². The van der Waals surface area contributed by atoms with Crippen LogP contribution in [0.25, 0.3) is 11.5 Å². The molecule has 1 amide bonds. The molecule has 0 aliphatic rings. The predicted molar refractivity (Wildman–Crippen MR) is 85.0 cm³/mol. The summed E-state index contributed by atoms with van der Waals surface area (Å²) >= 11 is 3.30. The predicted octanol–water partition coefficient (Wildman–Crippen LogP) is 3.43. The highest BCUT2D eigenvalue weighted by molar-refractivity contribution is 9.10. The number of nitrogens with zero attached hydrogens (tertiary/aromatic N) is 2. The average Bonchev–Trinajstić information content (AvgIpc) is 3.07. The number of halogens is 1. The van der Waals surface area contributed by atoms with Gasteiger partial charge < -0.3 is 9.73 Å². The number of carbonyl (C=O) groups is 1. The Morgan fingerprint density at radius 2 is 2.18 bits per heavy atom. The van der Waals surface area contributed by atoms with Crippen molar-refractivity contribution in [1.82, 2.24) is 15.3 Å². The van der Waals surface area contributed by atoms with Gasteiger partial charge in [-0.25, -0.2) is 0 Å². The third-order valence-electron chi connectivity index (χ3n) is 3.05. The zero-order chi connectivity index (χ0) is 15.4. The number of carbonyl (C=O) groups excluding carboxylic acids is 1. The molecule has 0 spiro atoms. The molecule has 6 heteroatoms. The quantitative estimate of drug-likeness (QED) is 0.776. The van der Waals surface area contributed by atoms with Gasteiger partial charge in [0.15, 0.2) is 5.76 Å². The number of amides is 1. The molecule has 0 aliphatic carbocycles. The van der Waals surface area contributed by atoms with Crippen LogP contribution >= 0.6 is 15.9 Å². The second-order valence-corrected chi connectivity index (χ2v) is 5.48. The fourth-order valence-corrected chi connectivity index (χ4v) is 2.39. The van der Waals surface area contributed by atoms with Crippen LogP contribution in [0, 0.1) is 0 Å². The molecule has 0 bridgehead atoms. The topological polar surface area (TPSA) is 68.0 Å². The summed E-state index contributed by atoms with van der Waals surface area (Å²) in [5.74, 6) is 0.483. The smallest absolute Gasteiger partial charge is 0.253 e. The van der Waals surface area contributed by atoms with Gasteiger partial charge in [-0.1, -0.05) is 6.07 Å². The third kappa shape index (κ3) is 3.23. The summed E-state index contributed by atoms with van der Waals surface area (Å²) in [5, 5.41) is 2.86. The van der Waals surface area contributed by atoms with Gasteiger partial charge in [-0.3, -0.25) is 14.8 Å². The molecule has 0 unspecified atom stereocenters. The first-order chi connectivity index (χ1) is 10.7. The molecule has 3 rings (SSSR count). The van der Waals surface area contributed by atoms with Crippen molar-refractivity contribution in [2.24, 2.45) is 0 Å². The molecule has 0 saturated heterocycles. The van der Waals surface area contributed by atoms with Crippen molar-refractivity contribution in [2.45, 2.75) is 6.54 Å². The van der Waals surface area contributed by atoms with E-state index in [2.05, 4.69) is 31.2 Å². The van der Waals surface area contributed by atoms with Gasteiger partial charge in [0.1, 0.15) is 5.69 Å². The van der Waals surface area contributed by atoms with Crippen molar-refractivity contribution in [3.05, 3.63) is 70.8 Å². The number of pyridine rings is 2. The Morgan fingerprint density at radius 1 is 1.27 bits per heavy atom. The lowest BCUT2D eigenvalue weighted by atomic mass is 10.1. The van der Waals surface area contributed by atoms with Gasteiger partial charge in [0.2, 0.25) is 0 Å². The molecule has 3 heterocycles. The Hall–Kier alpha value is -2.47. The standard InChI is InChI=1S/C16H12BrN3O2/c17-13-7-12(8-18-10-13)16(21)20-9-11-3-1-5-19-15(11)14-4-2-6-22-14/h1-8,10H,9H2,(H,20,21). The molecular weight excluding hydrogens is 346 g/mol. The van der Waals surface area contributed by atoms with Crippen molar-refractivity contribution in [3.8, 4) is 11.5 Å². The van der Waals surface area contributed by atoms with E-state index in [0.29, 0.717) is 17.9 Å². The maximum Gasteiger partial charge on any atom is 0.253 e. The summed E-state index contributed by atoms with van der Waals surface area (Å²) in [6.45, 7) is 0.356. The molecular formula is C16H12BrN3O2. The van der Waals surface area contributed by atoms with E-state index in [1.807, 2.05) is 18.2 Å². The highest BCUT2D eigenvalue weighted by Crippen LogP contribution is 2.21. The van der Waals surface area contributed by atoms with E-state index in [1.165, 1.54) is 6.20 Å². The highest BCUT2D eigenvalue weighted by atomic mass is 79.9. The Morgan fingerprint density at radius 3 is 2.95 bits per heavy atom. The SMILES string of the molecule is O=C(NCc1cccnc1-c1ccco1)c1cncc(Br)c1. The van der Waals surface area contributed by atoms with Crippen molar-refractivity contribution < 1.29 is 9.21 Å². The number of nitrogens with one attached hydrogen (secondary N) is 1. The summed E-state index contributed by atoms with van der Waals surface area (Å²) in [4.78, 5) is 20.5. The lowest BCUT2D eigenvalue weighted by molar-refractivity contribution is 0.0950. The van der Waals surface area contributed by atoms with E-state index in [9.17, 15) is 4.79 Å². The summed E-state index contributed by atoms with van der Waals surface area (Å²) < 4.78 is 6.14. The molecule has 3 aromatic rings. The minimum Gasteiger partial charge on any atom is -0.463 e. The molecule has 110 valence electrons. The van der Waals surface area contributed by atoms with Gasteiger partial charge in [0.05, 0.1) is 11.8 Å². The Bertz CT molecular complexity index is 788. The van der Waals surface area contributed by atoms with Crippen molar-refractivity contribution in [3.63, 3.8) is 0 Å². The minimum atomic E-state index is -0.192. The van der Waals surface area contributed by atoms with Crippen molar-refractivity contribution in [1.29, 1.82) is 0 Å². The molecule has 0 aliphatic heterocycles. The van der Waals surface area contributed by atoms with E-state index in [0.717, 1.165) is 15.7 Å². The number of rotatable bonds is 4. The summed E-state index contributed by atoms with van der Waals surface area (Å²) in [5.41, 5.74) is 2.10. The molecule has 0 radical (unpaired) electrons. The maximum absolute atomic E-state index is 12.2. The fraction of sp³-hybridized carbons (Fsp3) is 0.0625. The monoisotopic (exact) mass is 357 g/mol. The molecule has 0 aromatic carbocycles. The molecule has 3 aromatic heterocycles. The van der Waals surface area contributed by atoms with E-state index in [1.54, 1.807) is 30.8 Å². The Balaban J connectivity index is 1.76. The highest BCUT2D eigenvalue weighted by Gasteiger charge is 2.11. The molecule has 5 nitrogen and oxygen atoms in total. The molecule has 1 N–H and O–H groups in total. The Labute approximate surface area is 135 Å². The van der Waals surface area contributed by atoms with Crippen LogP contribution < -0.4 is 5.32 Å². The summed E-state index contributed by atoms with van der Waals surface area (Å²) in [7, 11) is 0. The van der Waals surface area contributed by atoms with E-state index in [4.69, 9.17) is 4.42 Å². The van der Waals surface area contributed by atoms with Crippen LogP contribution in [0.1, 0.15) is 15.9 Å². The van der Waals surface area contributed by atoms with Gasteiger partial charge in [0, 0.05) is 35.2 Å². The lowest BCUT2D eigenvalue weighted by Crippen LogP contribution is -2.23. The number of hydrogen-bond acceptors (Lipinski definition) is 4. The zero-order valence-electron chi connectivity index (χ0n) is 11.5. The summed E-state index contributed by atoms with van der Waals surface area (Å²) in [6.07, 6.45) is 6.45. The van der Waals surface area contributed by atoms with Gasteiger partial charge in [-0.15, -0.1) is 0 Å². The van der Waals surface area contributed by atoms with Crippen LogP contribution in [-0.2, 0) is 6.54 Å². The lowest BCUT2D eigenvalue weighted by Gasteiger charge is -2.08. The minimum absolute atomic E-state index is 0.192. The number of aromatic nitrogens is 2. The molecule has 0 fully saturated rings. The van der Waals surface area contributed by atoms with Gasteiger partial charge in [0.25, 0.3) is 5.91 Å². The van der Waals surface area contributed by atoms with Crippen LogP contribution in [-0.4, -0.2) is 15.9 Å². The molecule has 0 saturated carbocycles. The second kappa shape index (κ2) is 6.53. The third-order valence-corrected chi connectivity index (χ3v) is 3.49. The van der Waals surface area contributed by atoms with Gasteiger partial charge in [-0.2, -0.15) is 0 Å². The van der Waals surface area contributed by atoms with Crippen molar-refractivity contribution in [2.75, 3.05) is 0 Å². The maximum atomic E-state index is 12.2. The van der Waals surface area contributed by atoms with Gasteiger partial charge >= 0.3 is 0 Å². The van der Waals surface area contributed by atoms with E-state index in [-0.39, 0.29) is 5.91 Å². The normalized spacial score (nSPS) is 10.4. The van der Waals surface area contributed by atoms with Crippen LogP contribution in [0.3, 0.4) is 0 Å². The molecule has 0 atom stereocenters. The van der Waals surface area contributed by atoms with Crippen LogP contribution in [0.5, 0.6) is 0 Å². The van der Waals surface area contributed by atoms with E-state index < -0.39 is 0 Å². The second-order valence-electron chi connectivity index (χ2n) is 4.56. The van der Waals surface area contributed by atoms with Crippen LogP contribution in [0.15, 0.2) is 64.1 Å². The van der Waals surface area contributed by atoms with Crippen LogP contribution in [0.2, 0.25) is 0 Å². The zero-order valence-corrected chi connectivity index (χ0v) is 13.1. The summed E-state index contributed by atoms with van der Waals surface area (Å²) in [6, 6.07) is 9.10. The number of hydrogen-bond donors (Lipinski definition) is 1. The first-order valence-electron chi connectivity index (χ1n) is 6.60. The first kappa shape index (κ1) is 14.5. The Kier molecular flexibility index (Phi) is 4.29. The first-order valence-corrected chi connectivity index (χ1v) is 7.40. The average molecular weight is 358 g/mol. The van der Waals surface area contributed by atoms with Crippen LogP contribution in [0.4, 0.5) is 0 Å².